The molecular formula is C23H31N7O2. The average Bonchev–Trinajstić information content (AvgIpc) is 2.78. The summed E-state index contributed by atoms with van der Waals surface area (Å²) in [4.78, 5) is 37.3. The Labute approximate surface area is 188 Å². The van der Waals surface area contributed by atoms with Crippen molar-refractivity contribution < 1.29 is 9.59 Å². The minimum absolute atomic E-state index is 0.0854. The zero-order valence-electron chi connectivity index (χ0n) is 18.5. The van der Waals surface area contributed by atoms with E-state index >= 15 is 0 Å². The molecule has 32 heavy (non-hydrogen) atoms. The van der Waals surface area contributed by atoms with E-state index in [1.165, 1.54) is 6.92 Å². The van der Waals surface area contributed by atoms with Gasteiger partial charge in [-0.1, -0.05) is 36.4 Å². The third-order valence-corrected chi connectivity index (χ3v) is 5.05. The molecule has 1 aromatic heterocycles. The van der Waals surface area contributed by atoms with Gasteiger partial charge in [-0.15, -0.1) is 6.58 Å². The zero-order chi connectivity index (χ0) is 22.8. The average molecular weight is 438 g/mol. The Kier molecular flexibility index (Phi) is 8.70. The molecular weight excluding hydrogens is 406 g/mol. The number of nitrogens with zero attached hydrogens (tertiary/aromatic N) is 4. The Bertz CT molecular complexity index is 912. The van der Waals surface area contributed by atoms with Gasteiger partial charge in [0.15, 0.2) is 5.82 Å². The van der Waals surface area contributed by atoms with Crippen molar-refractivity contribution in [3.05, 3.63) is 49.1 Å². The fraction of sp³-hybridized carbons (Fsp3) is 0.391. The monoisotopic (exact) mass is 437 g/mol. The van der Waals surface area contributed by atoms with Crippen LogP contribution in [0.1, 0.15) is 6.92 Å². The van der Waals surface area contributed by atoms with Gasteiger partial charge in [0.25, 0.3) is 0 Å². The first-order chi connectivity index (χ1) is 15.5. The molecule has 0 radical (unpaired) electrons. The second kappa shape index (κ2) is 11.9. The van der Waals surface area contributed by atoms with E-state index in [2.05, 4.69) is 42.3 Å². The predicted octanol–water partition coefficient (Wildman–Crippen LogP) is 1.43. The highest BCUT2D eigenvalue weighted by Crippen LogP contribution is 2.20. The number of aromatic nitrogens is 2. The summed E-state index contributed by atoms with van der Waals surface area (Å²) in [7, 11) is 0. The van der Waals surface area contributed by atoms with E-state index in [4.69, 9.17) is 0 Å². The zero-order valence-corrected chi connectivity index (χ0v) is 18.5. The van der Waals surface area contributed by atoms with Gasteiger partial charge in [-0.3, -0.25) is 19.4 Å². The lowest BCUT2D eigenvalue weighted by molar-refractivity contribution is -0.119. The Morgan fingerprint density at radius 2 is 1.72 bits per heavy atom. The standard InChI is InChI=1S/C23H31N7O2/c1-3-11-29-12-14-30(15-13-29)17-22(32)26-21-16-20(25-10-9-24-18(2)31)27-23(28-21)19-7-5-4-6-8-19/h3-8,16H,1,9-15,17H2,2H3,(H,24,31)(H2,25,26,27,28,32). The summed E-state index contributed by atoms with van der Waals surface area (Å²) in [6, 6.07) is 11.3. The molecule has 9 heteroatoms. The van der Waals surface area contributed by atoms with Crippen LogP contribution in [0.5, 0.6) is 0 Å². The van der Waals surface area contributed by atoms with E-state index in [0.29, 0.717) is 37.1 Å². The van der Waals surface area contributed by atoms with Gasteiger partial charge in [0.2, 0.25) is 11.8 Å². The minimum atomic E-state index is -0.107. The second-order valence-electron chi connectivity index (χ2n) is 7.65. The van der Waals surface area contributed by atoms with Gasteiger partial charge in [-0.2, -0.15) is 0 Å². The first-order valence-corrected chi connectivity index (χ1v) is 10.8. The van der Waals surface area contributed by atoms with Crippen LogP contribution in [0.15, 0.2) is 49.1 Å². The number of nitrogens with one attached hydrogen (secondary N) is 3. The molecule has 3 N–H and O–H groups in total. The largest absolute Gasteiger partial charge is 0.368 e. The number of benzene rings is 1. The SMILES string of the molecule is C=CCN1CCN(CC(=O)Nc2cc(NCCNC(C)=O)nc(-c3ccccc3)n2)CC1. The van der Waals surface area contributed by atoms with Crippen LogP contribution < -0.4 is 16.0 Å². The van der Waals surface area contributed by atoms with Crippen molar-refractivity contribution in [1.82, 2.24) is 25.1 Å². The summed E-state index contributed by atoms with van der Waals surface area (Å²) >= 11 is 0. The van der Waals surface area contributed by atoms with Crippen LogP contribution in [0, 0.1) is 0 Å². The fourth-order valence-corrected chi connectivity index (χ4v) is 3.45. The molecule has 2 amide bonds. The number of anilines is 2. The quantitative estimate of drug-likeness (QED) is 0.382. The van der Waals surface area contributed by atoms with Crippen LogP contribution in [-0.2, 0) is 9.59 Å². The summed E-state index contributed by atoms with van der Waals surface area (Å²) in [5, 5.41) is 8.83. The maximum Gasteiger partial charge on any atom is 0.239 e. The fourth-order valence-electron chi connectivity index (χ4n) is 3.45. The molecule has 3 rings (SSSR count). The van der Waals surface area contributed by atoms with Crippen molar-refractivity contribution in [2.45, 2.75) is 6.92 Å². The van der Waals surface area contributed by atoms with Crippen molar-refractivity contribution >= 4 is 23.5 Å². The maximum absolute atomic E-state index is 12.7. The van der Waals surface area contributed by atoms with Crippen molar-refractivity contribution in [3.8, 4) is 11.4 Å². The predicted molar refractivity (Wildman–Crippen MR) is 126 cm³/mol. The van der Waals surface area contributed by atoms with E-state index in [0.717, 1.165) is 38.3 Å². The lowest BCUT2D eigenvalue weighted by Crippen LogP contribution is -2.48. The normalized spacial score (nSPS) is 14.5. The highest BCUT2D eigenvalue weighted by molar-refractivity contribution is 5.92. The molecule has 1 aliphatic heterocycles. The lowest BCUT2D eigenvalue weighted by Gasteiger charge is -2.33. The highest BCUT2D eigenvalue weighted by Gasteiger charge is 2.18. The van der Waals surface area contributed by atoms with E-state index in [1.807, 2.05) is 36.4 Å². The first kappa shape index (κ1) is 23.4. The molecule has 170 valence electrons. The molecule has 1 aromatic carbocycles. The Balaban J connectivity index is 1.64. The minimum Gasteiger partial charge on any atom is -0.368 e. The lowest BCUT2D eigenvalue weighted by atomic mass is 10.2. The molecule has 0 aliphatic carbocycles. The number of hydrogen-bond donors (Lipinski definition) is 3. The molecule has 0 atom stereocenters. The highest BCUT2D eigenvalue weighted by atomic mass is 16.2. The van der Waals surface area contributed by atoms with Gasteiger partial charge in [0, 0.05) is 64.4 Å². The molecule has 0 spiro atoms. The van der Waals surface area contributed by atoms with Gasteiger partial charge in [-0.05, 0) is 0 Å². The number of piperazine rings is 1. The number of amides is 2. The molecule has 1 saturated heterocycles. The third-order valence-electron chi connectivity index (χ3n) is 5.05. The van der Waals surface area contributed by atoms with Crippen molar-refractivity contribution in [1.29, 1.82) is 0 Å². The van der Waals surface area contributed by atoms with E-state index in [9.17, 15) is 9.59 Å². The summed E-state index contributed by atoms with van der Waals surface area (Å²) in [6.07, 6.45) is 1.91. The second-order valence-corrected chi connectivity index (χ2v) is 7.65. The summed E-state index contributed by atoms with van der Waals surface area (Å²) in [5.74, 6) is 1.35. The van der Waals surface area contributed by atoms with E-state index in [-0.39, 0.29) is 11.8 Å². The molecule has 1 aliphatic rings. The summed E-state index contributed by atoms with van der Waals surface area (Å²) in [5.41, 5.74) is 0.854. The molecule has 2 aromatic rings. The molecule has 0 unspecified atom stereocenters. The van der Waals surface area contributed by atoms with Crippen LogP contribution in [0.25, 0.3) is 11.4 Å². The van der Waals surface area contributed by atoms with E-state index in [1.54, 1.807) is 6.07 Å². The molecule has 9 nitrogen and oxygen atoms in total. The number of hydrogen-bond acceptors (Lipinski definition) is 7. The smallest absolute Gasteiger partial charge is 0.239 e. The number of carbonyl (C=O) groups is 2. The van der Waals surface area contributed by atoms with Crippen LogP contribution in [0.2, 0.25) is 0 Å². The molecule has 1 fully saturated rings. The van der Waals surface area contributed by atoms with Gasteiger partial charge >= 0.3 is 0 Å². The first-order valence-electron chi connectivity index (χ1n) is 10.8. The number of carbonyl (C=O) groups excluding carboxylic acids is 2. The van der Waals surface area contributed by atoms with Gasteiger partial charge in [-0.25, -0.2) is 9.97 Å². The third kappa shape index (κ3) is 7.44. The van der Waals surface area contributed by atoms with Crippen molar-refractivity contribution in [2.75, 3.05) is 63.0 Å². The molecule has 0 saturated carbocycles. The van der Waals surface area contributed by atoms with Crippen LogP contribution in [0.3, 0.4) is 0 Å². The Morgan fingerprint density at radius 1 is 1.03 bits per heavy atom. The molecule has 0 bridgehead atoms. The summed E-state index contributed by atoms with van der Waals surface area (Å²) in [6.45, 7) is 11.0. The van der Waals surface area contributed by atoms with Crippen LogP contribution >= 0.6 is 0 Å². The van der Waals surface area contributed by atoms with Gasteiger partial charge in [0.1, 0.15) is 11.6 Å². The topological polar surface area (TPSA) is 102 Å². The van der Waals surface area contributed by atoms with Crippen LogP contribution in [-0.4, -0.2) is 83.9 Å². The molecule has 2 heterocycles. The Morgan fingerprint density at radius 3 is 2.41 bits per heavy atom. The van der Waals surface area contributed by atoms with Crippen molar-refractivity contribution in [2.24, 2.45) is 0 Å². The maximum atomic E-state index is 12.7. The van der Waals surface area contributed by atoms with E-state index < -0.39 is 0 Å². The Hall–Kier alpha value is -3.30. The van der Waals surface area contributed by atoms with Gasteiger partial charge < -0.3 is 16.0 Å². The van der Waals surface area contributed by atoms with Crippen LogP contribution in [0.4, 0.5) is 11.6 Å². The van der Waals surface area contributed by atoms with Crippen molar-refractivity contribution in [3.63, 3.8) is 0 Å². The summed E-state index contributed by atoms with van der Waals surface area (Å²) < 4.78 is 0. The van der Waals surface area contributed by atoms with Gasteiger partial charge in [0.05, 0.1) is 6.54 Å². The number of rotatable bonds is 10.